The average molecular weight is 370 g/mol. The fraction of sp³-hybridized carbons (Fsp3) is 0.250. The van der Waals surface area contributed by atoms with Gasteiger partial charge in [0.2, 0.25) is 0 Å². The van der Waals surface area contributed by atoms with Crippen LogP contribution in [-0.2, 0) is 17.6 Å². The Kier molecular flexibility index (Phi) is 3.68. The summed E-state index contributed by atoms with van der Waals surface area (Å²) in [6.45, 7) is -1.37. The van der Waals surface area contributed by atoms with Crippen molar-refractivity contribution in [2.24, 2.45) is 0 Å². The number of benzene rings is 2. The summed E-state index contributed by atoms with van der Waals surface area (Å²) in [6.07, 6.45) is -0.651. The number of aromatic hydroxyl groups is 2. The van der Waals surface area contributed by atoms with Crippen molar-refractivity contribution >= 4 is 17.3 Å². The molecule has 27 heavy (non-hydrogen) atoms. The van der Waals surface area contributed by atoms with E-state index in [4.69, 9.17) is 0 Å². The van der Waals surface area contributed by atoms with Gasteiger partial charge in [-0.05, 0) is 12.8 Å². The van der Waals surface area contributed by atoms with Crippen LogP contribution >= 0.6 is 0 Å². The minimum absolute atomic E-state index is 0.0117. The molecule has 2 aliphatic rings. The third-order valence-electron chi connectivity index (χ3n) is 5.43. The lowest BCUT2D eigenvalue weighted by molar-refractivity contribution is -0.139. The first kappa shape index (κ1) is 17.4. The number of ketones is 3. The van der Waals surface area contributed by atoms with Gasteiger partial charge in [-0.15, -0.1) is 0 Å². The number of phenols is 2. The molecule has 2 aromatic rings. The van der Waals surface area contributed by atoms with Gasteiger partial charge in [-0.3, -0.25) is 14.4 Å². The Morgan fingerprint density at radius 1 is 1.00 bits per heavy atom. The van der Waals surface area contributed by atoms with Crippen LogP contribution in [0.3, 0.4) is 0 Å². The minimum Gasteiger partial charge on any atom is -0.507 e. The van der Waals surface area contributed by atoms with E-state index in [1.807, 2.05) is 0 Å². The molecule has 1 atom stereocenters. The third kappa shape index (κ3) is 2.24. The zero-order valence-electron chi connectivity index (χ0n) is 14.1. The van der Waals surface area contributed by atoms with E-state index in [2.05, 4.69) is 0 Å². The molecule has 0 bridgehead atoms. The minimum atomic E-state index is -2.03. The molecule has 138 valence electrons. The zero-order chi connectivity index (χ0) is 19.5. The quantitative estimate of drug-likeness (QED) is 0.591. The number of carbonyl (C=O) groups is 3. The molecule has 2 aliphatic carbocycles. The number of hydrogen-bond acceptors (Lipinski definition) is 6. The van der Waals surface area contributed by atoms with Crippen molar-refractivity contribution in [3.63, 3.8) is 0 Å². The fourth-order valence-corrected chi connectivity index (χ4v) is 3.95. The van der Waals surface area contributed by atoms with E-state index in [0.29, 0.717) is 0 Å². The maximum atomic E-state index is 12.9. The first-order valence-corrected chi connectivity index (χ1v) is 8.40. The van der Waals surface area contributed by atoms with E-state index in [1.165, 1.54) is 12.1 Å². The Morgan fingerprint density at radius 3 is 2.04 bits per heavy atom. The summed E-state index contributed by atoms with van der Waals surface area (Å²) in [4.78, 5) is 37.4. The summed E-state index contributed by atoms with van der Waals surface area (Å²) in [5.74, 6) is -3.26. The molecule has 0 heterocycles. The largest absolute Gasteiger partial charge is 0.507 e. The van der Waals surface area contributed by atoms with Crippen molar-refractivity contribution in [3.05, 3.63) is 57.6 Å². The second-order valence-electron chi connectivity index (χ2n) is 6.87. The molecule has 0 unspecified atom stereocenters. The molecule has 3 N–H and O–H groups in total. The summed E-state index contributed by atoms with van der Waals surface area (Å²) >= 11 is 0. The van der Waals surface area contributed by atoms with Crippen molar-refractivity contribution in [2.45, 2.75) is 24.9 Å². The number of hydrogen-bond donors (Lipinski definition) is 3. The van der Waals surface area contributed by atoms with Crippen molar-refractivity contribution in [1.29, 1.82) is 0 Å². The van der Waals surface area contributed by atoms with Crippen LogP contribution in [0.15, 0.2) is 24.3 Å². The number of rotatable bonds is 2. The van der Waals surface area contributed by atoms with Crippen LogP contribution in [0.2, 0.25) is 0 Å². The second-order valence-corrected chi connectivity index (χ2v) is 6.87. The van der Waals surface area contributed by atoms with Gasteiger partial charge in [0.1, 0.15) is 17.1 Å². The van der Waals surface area contributed by atoms with Crippen molar-refractivity contribution in [2.75, 3.05) is 6.67 Å². The number of aliphatic hydroxyl groups is 1. The van der Waals surface area contributed by atoms with Gasteiger partial charge in [0.25, 0.3) is 0 Å². The molecular weight excluding hydrogens is 355 g/mol. The molecule has 0 aliphatic heterocycles. The summed E-state index contributed by atoms with van der Waals surface area (Å²) < 4.78 is 12.8. The SMILES string of the molecule is O=C1c2ccccc2C(=O)c2c(O)c3c(c(O)c21)CC[C@](O)(C(=O)CF)C3. The van der Waals surface area contributed by atoms with Gasteiger partial charge in [0.05, 0.1) is 11.1 Å². The lowest BCUT2D eigenvalue weighted by Gasteiger charge is -2.34. The smallest absolute Gasteiger partial charge is 0.198 e. The highest BCUT2D eigenvalue weighted by molar-refractivity contribution is 6.30. The maximum absolute atomic E-state index is 12.9. The molecule has 0 spiro atoms. The van der Waals surface area contributed by atoms with Gasteiger partial charge in [0.15, 0.2) is 24.0 Å². The highest BCUT2D eigenvalue weighted by Crippen LogP contribution is 2.47. The Balaban J connectivity index is 1.96. The van der Waals surface area contributed by atoms with Gasteiger partial charge in [0, 0.05) is 28.7 Å². The number of Topliss-reactive ketones (excluding diaryl/α,β-unsaturated/α-hetero) is 1. The number of alkyl halides is 1. The van der Waals surface area contributed by atoms with Gasteiger partial charge in [-0.2, -0.15) is 0 Å². The Bertz CT molecular complexity index is 1040. The van der Waals surface area contributed by atoms with E-state index in [0.717, 1.165) is 0 Å². The molecule has 0 fully saturated rings. The van der Waals surface area contributed by atoms with Gasteiger partial charge < -0.3 is 15.3 Å². The fourth-order valence-electron chi connectivity index (χ4n) is 3.95. The van der Waals surface area contributed by atoms with Crippen molar-refractivity contribution in [3.8, 4) is 11.5 Å². The van der Waals surface area contributed by atoms with E-state index >= 15 is 0 Å². The van der Waals surface area contributed by atoms with E-state index in [-0.39, 0.29) is 46.2 Å². The Hall–Kier alpha value is -3.06. The maximum Gasteiger partial charge on any atom is 0.198 e. The third-order valence-corrected chi connectivity index (χ3v) is 5.43. The summed E-state index contributed by atoms with van der Waals surface area (Å²) in [5, 5.41) is 31.8. The molecule has 0 saturated heterocycles. The van der Waals surface area contributed by atoms with Gasteiger partial charge in [-0.1, -0.05) is 24.3 Å². The lowest BCUT2D eigenvalue weighted by Crippen LogP contribution is -2.45. The molecule has 0 radical (unpaired) electrons. The molecule has 2 aromatic carbocycles. The predicted octanol–water partition coefficient (Wildman–Crippen LogP) is 1.63. The van der Waals surface area contributed by atoms with Crippen LogP contribution in [0.25, 0.3) is 0 Å². The van der Waals surface area contributed by atoms with Crippen LogP contribution in [0.1, 0.15) is 49.4 Å². The van der Waals surface area contributed by atoms with Crippen LogP contribution in [-0.4, -0.2) is 44.9 Å². The molecule has 6 nitrogen and oxygen atoms in total. The van der Waals surface area contributed by atoms with Gasteiger partial charge in [-0.25, -0.2) is 4.39 Å². The summed E-state index contributed by atoms with van der Waals surface area (Å²) in [7, 11) is 0. The molecule has 0 saturated carbocycles. The van der Waals surface area contributed by atoms with Crippen LogP contribution in [0, 0.1) is 0 Å². The standard InChI is InChI=1S/C20H15FO6/c21-8-13(22)20(27)6-5-11-12(7-20)19(26)15-14(18(11)25)16(23)9-3-1-2-4-10(9)17(15)24/h1-4,25-27H,5-8H2/t20-/m1/s1. The van der Waals surface area contributed by atoms with E-state index in [1.54, 1.807) is 12.1 Å². The monoisotopic (exact) mass is 370 g/mol. The van der Waals surface area contributed by atoms with Crippen LogP contribution in [0.4, 0.5) is 4.39 Å². The summed E-state index contributed by atoms with van der Waals surface area (Å²) in [5.41, 5.74) is -2.27. The zero-order valence-corrected chi connectivity index (χ0v) is 14.1. The number of phenolic OH excluding ortho intramolecular Hbond substituents is 2. The lowest BCUT2D eigenvalue weighted by atomic mass is 9.73. The molecule has 0 amide bonds. The predicted molar refractivity (Wildman–Crippen MR) is 91.0 cm³/mol. The normalized spacial score (nSPS) is 20.7. The average Bonchev–Trinajstić information content (AvgIpc) is 2.68. The molecular formula is C20H15FO6. The number of carbonyl (C=O) groups excluding carboxylic acids is 3. The molecule has 0 aromatic heterocycles. The van der Waals surface area contributed by atoms with Crippen molar-refractivity contribution in [1.82, 2.24) is 0 Å². The van der Waals surface area contributed by atoms with E-state index < -0.39 is 47.5 Å². The second kappa shape index (κ2) is 5.72. The van der Waals surface area contributed by atoms with Crippen molar-refractivity contribution < 1.29 is 34.1 Å². The summed E-state index contributed by atoms with van der Waals surface area (Å²) in [6, 6.07) is 6.07. The first-order valence-electron chi connectivity index (χ1n) is 8.40. The first-order chi connectivity index (χ1) is 12.8. The van der Waals surface area contributed by atoms with Crippen LogP contribution < -0.4 is 0 Å². The molecule has 7 heteroatoms. The topological polar surface area (TPSA) is 112 Å². The number of halogens is 1. The molecule has 4 rings (SSSR count). The van der Waals surface area contributed by atoms with Gasteiger partial charge >= 0.3 is 0 Å². The number of fused-ring (bicyclic) bond motifs is 3. The highest BCUT2D eigenvalue weighted by atomic mass is 19.1. The Labute approximate surface area is 152 Å². The highest BCUT2D eigenvalue weighted by Gasteiger charge is 2.44. The van der Waals surface area contributed by atoms with Crippen LogP contribution in [0.5, 0.6) is 11.5 Å². The Morgan fingerprint density at radius 2 is 1.52 bits per heavy atom. The van der Waals surface area contributed by atoms with E-state index in [9.17, 15) is 34.1 Å².